The number of morpholine rings is 1. The van der Waals surface area contributed by atoms with E-state index in [2.05, 4.69) is 25.7 Å². The van der Waals surface area contributed by atoms with Crippen LogP contribution in [0.3, 0.4) is 0 Å². The highest BCUT2D eigenvalue weighted by Crippen LogP contribution is 2.18. The van der Waals surface area contributed by atoms with Gasteiger partial charge in [0.25, 0.3) is 5.91 Å². The van der Waals surface area contributed by atoms with E-state index in [0.29, 0.717) is 37.7 Å². The van der Waals surface area contributed by atoms with Gasteiger partial charge in [-0.1, -0.05) is 6.92 Å². The topological polar surface area (TPSA) is 122 Å². The van der Waals surface area contributed by atoms with E-state index in [-0.39, 0.29) is 24.3 Å². The Bertz CT molecular complexity index is 744. The van der Waals surface area contributed by atoms with Crippen LogP contribution in [-0.2, 0) is 9.53 Å². The first-order valence-corrected chi connectivity index (χ1v) is 8.51. The maximum absolute atomic E-state index is 13.1. The van der Waals surface area contributed by atoms with Gasteiger partial charge in [0.15, 0.2) is 5.82 Å². The molecule has 0 radical (unpaired) electrons. The van der Waals surface area contributed by atoms with Crippen LogP contribution in [0.1, 0.15) is 30.1 Å². The lowest BCUT2D eigenvalue weighted by molar-refractivity contribution is -0.132. The van der Waals surface area contributed by atoms with E-state index in [0.717, 1.165) is 6.42 Å². The summed E-state index contributed by atoms with van der Waals surface area (Å²) in [6, 6.07) is -0.320. The first-order valence-electron chi connectivity index (χ1n) is 8.51. The highest BCUT2D eigenvalue weighted by Gasteiger charge is 2.32. The van der Waals surface area contributed by atoms with Crippen molar-refractivity contribution in [1.82, 2.24) is 40.2 Å². The van der Waals surface area contributed by atoms with Crippen LogP contribution in [0, 0.1) is 0 Å². The molecule has 1 saturated heterocycles. The minimum Gasteiger partial charge on any atom is -0.377 e. The fraction of sp³-hybridized carbons (Fsp3) is 0.600. The molecule has 0 saturated carbocycles. The molecule has 2 aromatic rings. The molecule has 1 atom stereocenters. The Labute approximate surface area is 150 Å². The second-order valence-electron chi connectivity index (χ2n) is 6.13. The van der Waals surface area contributed by atoms with Crippen LogP contribution in [-0.4, -0.2) is 91.4 Å². The van der Waals surface area contributed by atoms with Crippen LogP contribution in [0.4, 0.5) is 0 Å². The van der Waals surface area contributed by atoms with Gasteiger partial charge in [-0.2, -0.15) is 9.78 Å². The molecule has 1 unspecified atom stereocenters. The zero-order chi connectivity index (χ0) is 18.5. The summed E-state index contributed by atoms with van der Waals surface area (Å²) in [6.45, 7) is 3.87. The number of nitrogens with one attached hydrogen (secondary N) is 1. The lowest BCUT2D eigenvalue weighted by Gasteiger charge is -2.36. The molecule has 1 aliphatic rings. The molecule has 0 aliphatic carbocycles. The number of ether oxygens (including phenoxy) is 1. The minimum atomic E-state index is -0.320. The predicted octanol–water partition coefficient (Wildman–Crippen LogP) is -0.515. The highest BCUT2D eigenvalue weighted by molar-refractivity contribution is 5.97. The molecule has 0 bridgehead atoms. The number of aromatic nitrogens is 6. The Morgan fingerprint density at radius 1 is 1.46 bits per heavy atom. The summed E-state index contributed by atoms with van der Waals surface area (Å²) in [5.41, 5.74) is 0.346. The molecule has 0 spiro atoms. The molecule has 11 nitrogen and oxygen atoms in total. The number of tetrazole rings is 1. The molecule has 1 N–H and O–H groups in total. The molecule has 3 rings (SSSR count). The van der Waals surface area contributed by atoms with E-state index in [1.165, 1.54) is 17.2 Å². The zero-order valence-electron chi connectivity index (χ0n) is 14.8. The maximum atomic E-state index is 13.1. The van der Waals surface area contributed by atoms with Gasteiger partial charge in [-0.3, -0.25) is 14.7 Å². The van der Waals surface area contributed by atoms with Crippen LogP contribution >= 0.6 is 0 Å². The van der Waals surface area contributed by atoms with Gasteiger partial charge in [0, 0.05) is 26.6 Å². The number of carbonyl (C=O) groups excluding carboxylic acids is 2. The Kier molecular flexibility index (Phi) is 5.56. The van der Waals surface area contributed by atoms with Gasteiger partial charge in [-0.25, -0.2) is 0 Å². The van der Waals surface area contributed by atoms with Crippen LogP contribution in [0.2, 0.25) is 0 Å². The van der Waals surface area contributed by atoms with Gasteiger partial charge in [0.05, 0.1) is 25.5 Å². The second-order valence-corrected chi connectivity index (χ2v) is 6.13. The quantitative estimate of drug-likeness (QED) is 0.734. The van der Waals surface area contributed by atoms with Crippen molar-refractivity contribution in [3.8, 4) is 5.82 Å². The number of amides is 2. The molecular formula is C15H22N8O3. The van der Waals surface area contributed by atoms with Crippen molar-refractivity contribution in [3.63, 3.8) is 0 Å². The monoisotopic (exact) mass is 362 g/mol. The SMILES string of the molecule is CCCN(C)C(=O)CC1COCCN1C(=O)c1cn[nH]c1-n1cnnn1. The fourth-order valence-corrected chi connectivity index (χ4v) is 2.94. The van der Waals surface area contributed by atoms with Crippen molar-refractivity contribution >= 4 is 11.8 Å². The minimum absolute atomic E-state index is 0.00644. The summed E-state index contributed by atoms with van der Waals surface area (Å²) < 4.78 is 6.84. The maximum Gasteiger partial charge on any atom is 0.259 e. The van der Waals surface area contributed by atoms with Crippen LogP contribution in [0.25, 0.3) is 5.82 Å². The first-order chi connectivity index (χ1) is 12.6. The summed E-state index contributed by atoms with van der Waals surface area (Å²) in [5.74, 6) is 0.149. The number of aromatic amines is 1. The zero-order valence-corrected chi connectivity index (χ0v) is 14.8. The predicted molar refractivity (Wildman–Crippen MR) is 89.5 cm³/mol. The number of hydrogen-bond donors (Lipinski definition) is 1. The molecule has 2 amide bonds. The fourth-order valence-electron chi connectivity index (χ4n) is 2.94. The summed E-state index contributed by atoms with van der Waals surface area (Å²) in [4.78, 5) is 28.8. The van der Waals surface area contributed by atoms with Gasteiger partial charge in [-0.05, 0) is 16.8 Å². The Balaban J connectivity index is 1.77. The van der Waals surface area contributed by atoms with Crippen LogP contribution in [0.5, 0.6) is 0 Å². The highest BCUT2D eigenvalue weighted by atomic mass is 16.5. The van der Waals surface area contributed by atoms with Crippen LogP contribution in [0.15, 0.2) is 12.5 Å². The normalized spacial score (nSPS) is 17.3. The van der Waals surface area contributed by atoms with E-state index < -0.39 is 0 Å². The third-order valence-electron chi connectivity index (χ3n) is 4.31. The summed E-state index contributed by atoms with van der Waals surface area (Å²) >= 11 is 0. The molecule has 0 aromatic carbocycles. The number of rotatable bonds is 6. The smallest absolute Gasteiger partial charge is 0.259 e. The van der Waals surface area contributed by atoms with Crippen LogP contribution < -0.4 is 0 Å². The molecule has 140 valence electrons. The summed E-state index contributed by atoms with van der Waals surface area (Å²) in [6.07, 6.45) is 3.93. The molecular weight excluding hydrogens is 340 g/mol. The van der Waals surface area contributed by atoms with E-state index in [9.17, 15) is 9.59 Å². The van der Waals surface area contributed by atoms with Gasteiger partial charge < -0.3 is 14.5 Å². The molecule has 11 heteroatoms. The molecule has 26 heavy (non-hydrogen) atoms. The van der Waals surface area contributed by atoms with Crippen molar-refractivity contribution in [2.75, 3.05) is 33.4 Å². The first kappa shape index (κ1) is 18.0. The second kappa shape index (κ2) is 8.04. The number of carbonyl (C=O) groups is 2. The average molecular weight is 362 g/mol. The van der Waals surface area contributed by atoms with Crippen molar-refractivity contribution in [2.45, 2.75) is 25.8 Å². The van der Waals surface area contributed by atoms with E-state index in [4.69, 9.17) is 4.74 Å². The third kappa shape index (κ3) is 3.72. The van der Waals surface area contributed by atoms with E-state index >= 15 is 0 Å². The Morgan fingerprint density at radius 2 is 2.31 bits per heavy atom. The number of H-pyrrole nitrogens is 1. The van der Waals surface area contributed by atoms with Gasteiger partial charge in [-0.15, -0.1) is 5.10 Å². The summed E-state index contributed by atoms with van der Waals surface area (Å²) in [7, 11) is 1.77. The lowest BCUT2D eigenvalue weighted by Crippen LogP contribution is -2.50. The lowest BCUT2D eigenvalue weighted by atomic mass is 10.1. The summed E-state index contributed by atoms with van der Waals surface area (Å²) in [5, 5.41) is 17.6. The Hall–Kier alpha value is -2.82. The van der Waals surface area contributed by atoms with Crippen molar-refractivity contribution in [3.05, 3.63) is 18.1 Å². The molecule has 3 heterocycles. The van der Waals surface area contributed by atoms with Crippen molar-refractivity contribution < 1.29 is 14.3 Å². The average Bonchev–Trinajstić information content (AvgIpc) is 3.33. The molecule has 1 fully saturated rings. The van der Waals surface area contributed by atoms with E-state index in [1.807, 2.05) is 6.92 Å². The number of nitrogens with zero attached hydrogens (tertiary/aromatic N) is 7. The molecule has 1 aliphatic heterocycles. The van der Waals surface area contributed by atoms with Gasteiger partial charge in [0.1, 0.15) is 11.9 Å². The van der Waals surface area contributed by atoms with Gasteiger partial charge in [0.2, 0.25) is 5.91 Å². The van der Waals surface area contributed by atoms with Crippen molar-refractivity contribution in [1.29, 1.82) is 0 Å². The Morgan fingerprint density at radius 3 is 3.04 bits per heavy atom. The van der Waals surface area contributed by atoms with Crippen molar-refractivity contribution in [2.24, 2.45) is 0 Å². The standard InChI is InChI=1S/C15H22N8O3/c1-3-4-21(2)13(24)7-11-9-26-6-5-22(11)15(25)12-8-16-18-14(12)23-10-17-19-20-23/h8,10-11H,3-7,9H2,1-2H3,(H,16,18). The third-order valence-corrected chi connectivity index (χ3v) is 4.31. The van der Waals surface area contributed by atoms with E-state index in [1.54, 1.807) is 16.8 Å². The van der Waals surface area contributed by atoms with Gasteiger partial charge >= 0.3 is 0 Å². The molecule has 2 aromatic heterocycles. The number of hydrogen-bond acceptors (Lipinski definition) is 7. The largest absolute Gasteiger partial charge is 0.377 e.